The zero-order valence-corrected chi connectivity index (χ0v) is 17.0. The van der Waals surface area contributed by atoms with Gasteiger partial charge in [-0.25, -0.2) is 9.97 Å². The molecular formula is C17H13F6N3O2S2. The summed E-state index contributed by atoms with van der Waals surface area (Å²) in [7, 11) is -1.64. The van der Waals surface area contributed by atoms with Crippen LogP contribution in [0.25, 0.3) is 16.7 Å². The van der Waals surface area contributed by atoms with Gasteiger partial charge in [-0.05, 0) is 30.3 Å². The fraction of sp³-hybridized carbons (Fsp3) is 0.353. The Morgan fingerprint density at radius 3 is 2.37 bits per heavy atom. The maximum Gasteiger partial charge on any atom is 0.446 e. The summed E-state index contributed by atoms with van der Waals surface area (Å²) < 4.78 is 102. The van der Waals surface area contributed by atoms with Crippen molar-refractivity contribution in [2.24, 2.45) is 13.0 Å². The van der Waals surface area contributed by atoms with E-state index in [0.717, 1.165) is 12.3 Å². The van der Waals surface area contributed by atoms with Gasteiger partial charge in [0.2, 0.25) is 10.3 Å². The first kappa shape index (κ1) is 22.4. The van der Waals surface area contributed by atoms with E-state index in [-0.39, 0.29) is 45.6 Å². The van der Waals surface area contributed by atoms with Gasteiger partial charge in [-0.15, -0.1) is 0 Å². The Bertz CT molecular complexity index is 1200. The highest BCUT2D eigenvalue weighted by molar-refractivity contribution is 8.00. The molecule has 1 aliphatic carbocycles. The Labute approximate surface area is 172 Å². The molecule has 30 heavy (non-hydrogen) atoms. The maximum absolute atomic E-state index is 13.3. The third-order valence-corrected chi connectivity index (χ3v) is 6.01. The third-order valence-electron chi connectivity index (χ3n) is 4.46. The van der Waals surface area contributed by atoms with Crippen molar-refractivity contribution in [2.75, 3.05) is 0 Å². The maximum atomic E-state index is 13.3. The van der Waals surface area contributed by atoms with Gasteiger partial charge in [0, 0.05) is 29.6 Å². The molecule has 0 saturated carbocycles. The zero-order chi connectivity index (χ0) is 22.4. The molecule has 0 bridgehead atoms. The third kappa shape index (κ3) is 4.26. The van der Waals surface area contributed by atoms with Crippen LogP contribution in [-0.2, 0) is 17.3 Å². The summed E-state index contributed by atoms with van der Waals surface area (Å²) in [6.07, 6.45) is -1.99. The minimum atomic E-state index is -4.86. The van der Waals surface area contributed by atoms with Crippen molar-refractivity contribution in [3.05, 3.63) is 35.8 Å². The predicted octanol–water partition coefficient (Wildman–Crippen LogP) is 4.54. The summed E-state index contributed by atoms with van der Waals surface area (Å²) in [5.74, 6) is -0.997. The van der Waals surface area contributed by atoms with Crippen LogP contribution in [0.2, 0.25) is 0 Å². The molecule has 1 aliphatic rings. The van der Waals surface area contributed by atoms with Gasteiger partial charge in [-0.2, -0.15) is 34.8 Å². The molecule has 0 fully saturated rings. The number of hydrogen-bond acceptors (Lipinski definition) is 5. The molecule has 0 amide bonds. The minimum Gasteiger partial charge on any atom is -0.312 e. The van der Waals surface area contributed by atoms with Crippen molar-refractivity contribution in [3.63, 3.8) is 0 Å². The van der Waals surface area contributed by atoms with Crippen molar-refractivity contribution in [3.8, 4) is 0 Å². The molecule has 0 aliphatic heterocycles. The normalized spacial score (nSPS) is 17.9. The number of aromatic nitrogens is 3. The average Bonchev–Trinajstić information content (AvgIpc) is 2.94. The first-order chi connectivity index (χ1) is 13.8. The second kappa shape index (κ2) is 7.76. The van der Waals surface area contributed by atoms with Crippen LogP contribution in [0, 0.1) is 5.92 Å². The molecule has 1 unspecified atom stereocenters. The molecule has 5 nitrogen and oxygen atoms in total. The smallest absolute Gasteiger partial charge is 0.312 e. The van der Waals surface area contributed by atoms with E-state index in [9.17, 15) is 34.8 Å². The summed E-state index contributed by atoms with van der Waals surface area (Å²) >= 11 is -0.368. The lowest BCUT2D eigenvalue weighted by Crippen LogP contribution is -2.30. The van der Waals surface area contributed by atoms with Crippen LogP contribution in [-0.4, -0.2) is 39.5 Å². The van der Waals surface area contributed by atoms with E-state index in [1.165, 1.54) is 24.6 Å². The molecule has 0 N–H and O–H groups in total. The number of hydrogen-bond donors (Lipinski definition) is 0. The number of pyridine rings is 1. The number of imidazole rings is 1. The van der Waals surface area contributed by atoms with Crippen molar-refractivity contribution >= 4 is 43.7 Å². The number of nitrogens with zero attached hydrogens (tertiary/aromatic N) is 3. The Hall–Kier alpha value is -2.28. The van der Waals surface area contributed by atoms with E-state index in [1.54, 1.807) is 0 Å². The molecule has 2 heterocycles. The largest absolute Gasteiger partial charge is 0.446 e. The number of rotatable bonds is 3. The second-order valence-electron chi connectivity index (χ2n) is 6.32. The Balaban J connectivity index is 2.18. The van der Waals surface area contributed by atoms with Crippen molar-refractivity contribution in [1.82, 2.24) is 14.5 Å². The molecule has 13 heteroatoms. The SMILES string of the molecule is CCC1C(c2nc3cc(SC(F)(F)F)cnc3n2C)=CC=C(C(F)(F)F)C1=S(=O)=O. The number of aryl methyl sites for hydroxylation is 1. The van der Waals surface area contributed by atoms with Crippen LogP contribution in [0.1, 0.15) is 19.2 Å². The van der Waals surface area contributed by atoms with Crippen LogP contribution < -0.4 is 0 Å². The second-order valence-corrected chi connectivity index (χ2v) is 8.36. The Morgan fingerprint density at radius 2 is 1.83 bits per heavy atom. The van der Waals surface area contributed by atoms with Crippen LogP contribution in [0.4, 0.5) is 26.3 Å². The lowest BCUT2D eigenvalue weighted by atomic mass is 9.84. The molecule has 162 valence electrons. The zero-order valence-electron chi connectivity index (χ0n) is 15.3. The van der Waals surface area contributed by atoms with Gasteiger partial charge in [-0.1, -0.05) is 13.0 Å². The van der Waals surface area contributed by atoms with Crippen LogP contribution in [0.15, 0.2) is 34.9 Å². The number of fused-ring (bicyclic) bond motifs is 1. The Kier molecular flexibility index (Phi) is 5.80. The van der Waals surface area contributed by atoms with Gasteiger partial charge in [0.15, 0.2) is 5.65 Å². The van der Waals surface area contributed by atoms with Gasteiger partial charge in [0.05, 0.1) is 10.4 Å². The predicted molar refractivity (Wildman–Crippen MR) is 100 cm³/mol. The Morgan fingerprint density at radius 1 is 1.17 bits per heavy atom. The number of thioether (sulfide) groups is 1. The van der Waals surface area contributed by atoms with Crippen molar-refractivity contribution in [1.29, 1.82) is 0 Å². The molecule has 0 radical (unpaired) electrons. The van der Waals surface area contributed by atoms with E-state index in [2.05, 4.69) is 9.97 Å². The molecule has 1 atom stereocenters. The summed E-state index contributed by atoms with van der Waals surface area (Å²) in [6, 6.07) is 1.17. The molecule has 0 spiro atoms. The summed E-state index contributed by atoms with van der Waals surface area (Å²) in [5.41, 5.74) is -5.26. The standard InChI is InChI=1S/C17H13F6N3O2S2/c1-3-9-10(4-5-11(16(18,19)20)13(9)30(27)28)14-25-12-6-8(29-17(21,22)23)7-24-15(12)26(14)2/h4-7,9H,3H2,1-2H3. The van der Waals surface area contributed by atoms with Crippen LogP contribution >= 0.6 is 11.8 Å². The molecule has 2 aromatic heterocycles. The fourth-order valence-electron chi connectivity index (χ4n) is 3.28. The monoisotopic (exact) mass is 469 g/mol. The van der Waals surface area contributed by atoms with Gasteiger partial charge in [-0.3, -0.25) is 0 Å². The highest BCUT2D eigenvalue weighted by Crippen LogP contribution is 2.40. The fourth-order valence-corrected chi connectivity index (χ4v) is 4.71. The molecule has 3 rings (SSSR count). The topological polar surface area (TPSA) is 64.8 Å². The van der Waals surface area contributed by atoms with Gasteiger partial charge in [0.25, 0.3) is 0 Å². The number of alkyl halides is 6. The molecule has 0 aromatic carbocycles. The van der Waals surface area contributed by atoms with E-state index in [0.29, 0.717) is 6.08 Å². The summed E-state index contributed by atoms with van der Waals surface area (Å²) in [5, 5.41) is 0. The number of allylic oxidation sites excluding steroid dienone is 4. The first-order valence-corrected chi connectivity index (χ1v) is 10.3. The van der Waals surface area contributed by atoms with Crippen molar-refractivity contribution < 1.29 is 34.8 Å². The summed E-state index contributed by atoms with van der Waals surface area (Å²) in [6.45, 7) is 1.53. The lowest BCUT2D eigenvalue weighted by molar-refractivity contribution is -0.0862. The van der Waals surface area contributed by atoms with Gasteiger partial charge < -0.3 is 4.57 Å². The van der Waals surface area contributed by atoms with Crippen LogP contribution in [0.3, 0.4) is 0 Å². The van der Waals surface area contributed by atoms with Gasteiger partial charge in [0.1, 0.15) is 11.3 Å². The van der Waals surface area contributed by atoms with Crippen molar-refractivity contribution in [2.45, 2.75) is 29.9 Å². The first-order valence-electron chi connectivity index (χ1n) is 8.37. The molecule has 0 saturated heterocycles. The lowest BCUT2D eigenvalue weighted by Gasteiger charge is -2.25. The minimum absolute atomic E-state index is 0.0361. The van der Waals surface area contributed by atoms with E-state index in [4.69, 9.17) is 0 Å². The highest BCUT2D eigenvalue weighted by atomic mass is 32.2. The molecular weight excluding hydrogens is 456 g/mol. The number of halogens is 6. The van der Waals surface area contributed by atoms with Crippen LogP contribution in [0.5, 0.6) is 0 Å². The summed E-state index contributed by atoms with van der Waals surface area (Å²) in [4.78, 5) is 7.21. The van der Waals surface area contributed by atoms with E-state index >= 15 is 0 Å². The van der Waals surface area contributed by atoms with E-state index < -0.39 is 38.3 Å². The average molecular weight is 469 g/mol. The van der Waals surface area contributed by atoms with Gasteiger partial charge >= 0.3 is 11.7 Å². The van der Waals surface area contributed by atoms with E-state index in [1.807, 2.05) is 0 Å². The molecule has 2 aromatic rings. The quantitative estimate of drug-likeness (QED) is 0.375. The highest BCUT2D eigenvalue weighted by Gasteiger charge is 2.43.